The summed E-state index contributed by atoms with van der Waals surface area (Å²) in [5, 5.41) is 11.3. The minimum Gasteiger partial charge on any atom is -0.340 e. The molecule has 26 heavy (non-hydrogen) atoms. The van der Waals surface area contributed by atoms with E-state index in [4.69, 9.17) is 11.6 Å². The van der Waals surface area contributed by atoms with Crippen molar-refractivity contribution in [1.29, 1.82) is 0 Å². The summed E-state index contributed by atoms with van der Waals surface area (Å²) in [5.41, 5.74) is 5.66. The van der Waals surface area contributed by atoms with Crippen molar-refractivity contribution in [3.05, 3.63) is 77.7 Å². The molecule has 128 valence electrons. The highest BCUT2D eigenvalue weighted by Crippen LogP contribution is 2.30. The number of nitrogens with one attached hydrogen (secondary N) is 2. The second-order valence-electron chi connectivity index (χ2n) is 5.89. The molecule has 3 aromatic heterocycles. The third kappa shape index (κ3) is 3.30. The summed E-state index contributed by atoms with van der Waals surface area (Å²) in [4.78, 5) is 8.81. The monoisotopic (exact) mass is 361 g/mol. The third-order valence-electron chi connectivity index (χ3n) is 4.06. The van der Waals surface area contributed by atoms with Gasteiger partial charge in [0.1, 0.15) is 5.82 Å². The zero-order valence-electron chi connectivity index (χ0n) is 14.1. The van der Waals surface area contributed by atoms with Gasteiger partial charge in [-0.2, -0.15) is 5.10 Å². The van der Waals surface area contributed by atoms with Gasteiger partial charge in [0.15, 0.2) is 0 Å². The smallest absolute Gasteiger partial charge is 0.130 e. The summed E-state index contributed by atoms with van der Waals surface area (Å²) in [5.74, 6) is 0.748. The van der Waals surface area contributed by atoms with Gasteiger partial charge in [0, 0.05) is 28.7 Å². The van der Waals surface area contributed by atoms with Crippen LogP contribution in [0.2, 0.25) is 5.02 Å². The number of hydrogen-bond donors (Lipinski definition) is 2. The van der Waals surface area contributed by atoms with Crippen LogP contribution in [0.1, 0.15) is 5.56 Å². The molecule has 0 spiro atoms. The van der Waals surface area contributed by atoms with Crippen molar-refractivity contribution in [2.45, 2.75) is 6.92 Å². The zero-order chi connectivity index (χ0) is 17.9. The SMILES string of the molecule is Cc1cc(Nc2cc(-c3cn[nH]c3-c3ccccn3)ccn2)ccc1Cl. The molecule has 0 saturated carbocycles. The van der Waals surface area contributed by atoms with Crippen molar-refractivity contribution in [2.24, 2.45) is 0 Å². The van der Waals surface area contributed by atoms with Gasteiger partial charge in [-0.3, -0.25) is 10.1 Å². The molecule has 4 rings (SSSR count). The lowest BCUT2D eigenvalue weighted by atomic mass is 10.1. The predicted octanol–water partition coefficient (Wildman–Crippen LogP) is 5.24. The fourth-order valence-corrected chi connectivity index (χ4v) is 2.87. The van der Waals surface area contributed by atoms with Crippen LogP contribution in [0.4, 0.5) is 11.5 Å². The third-order valence-corrected chi connectivity index (χ3v) is 4.49. The largest absolute Gasteiger partial charge is 0.340 e. The average Bonchev–Trinajstić information content (AvgIpc) is 3.16. The molecule has 0 unspecified atom stereocenters. The van der Waals surface area contributed by atoms with Crippen LogP contribution in [-0.2, 0) is 0 Å². The molecule has 5 nitrogen and oxygen atoms in total. The molecular formula is C20H16ClN5. The first-order chi connectivity index (χ1) is 12.7. The van der Waals surface area contributed by atoms with E-state index in [-0.39, 0.29) is 0 Å². The molecule has 0 aliphatic heterocycles. The lowest BCUT2D eigenvalue weighted by Crippen LogP contribution is -1.94. The minimum absolute atomic E-state index is 0.746. The predicted molar refractivity (Wildman–Crippen MR) is 105 cm³/mol. The standard InChI is InChI=1S/C20H16ClN5/c1-13-10-15(5-6-17(13)21)25-19-11-14(7-9-23-19)16-12-24-26-20(16)18-4-2-3-8-22-18/h2-12H,1H3,(H,23,25)(H,24,26). The number of H-pyrrole nitrogens is 1. The van der Waals surface area contributed by atoms with Gasteiger partial charge in [0.05, 0.1) is 17.6 Å². The maximum absolute atomic E-state index is 6.09. The van der Waals surface area contributed by atoms with Crippen LogP contribution in [0.5, 0.6) is 0 Å². The van der Waals surface area contributed by atoms with E-state index < -0.39 is 0 Å². The summed E-state index contributed by atoms with van der Waals surface area (Å²) in [6, 6.07) is 15.5. The zero-order valence-corrected chi connectivity index (χ0v) is 14.8. The van der Waals surface area contributed by atoms with E-state index in [1.54, 1.807) is 18.6 Å². The minimum atomic E-state index is 0.746. The maximum Gasteiger partial charge on any atom is 0.130 e. The lowest BCUT2D eigenvalue weighted by Gasteiger charge is -2.09. The second-order valence-corrected chi connectivity index (χ2v) is 6.30. The summed E-state index contributed by atoms with van der Waals surface area (Å²) >= 11 is 6.09. The van der Waals surface area contributed by atoms with E-state index in [9.17, 15) is 0 Å². The lowest BCUT2D eigenvalue weighted by molar-refractivity contribution is 1.09. The molecule has 0 saturated heterocycles. The van der Waals surface area contributed by atoms with Crippen LogP contribution in [0.25, 0.3) is 22.5 Å². The van der Waals surface area contributed by atoms with Crippen LogP contribution < -0.4 is 5.32 Å². The highest BCUT2D eigenvalue weighted by Gasteiger charge is 2.11. The van der Waals surface area contributed by atoms with E-state index in [1.165, 1.54) is 0 Å². The Hall–Kier alpha value is -3.18. The van der Waals surface area contributed by atoms with Crippen LogP contribution in [0.15, 0.2) is 67.1 Å². The molecular weight excluding hydrogens is 346 g/mol. The normalized spacial score (nSPS) is 10.7. The van der Waals surface area contributed by atoms with Crippen molar-refractivity contribution in [1.82, 2.24) is 20.2 Å². The number of halogens is 1. The first-order valence-corrected chi connectivity index (χ1v) is 8.53. The van der Waals surface area contributed by atoms with E-state index in [0.717, 1.165) is 44.6 Å². The van der Waals surface area contributed by atoms with Crippen LogP contribution >= 0.6 is 11.6 Å². The summed E-state index contributed by atoms with van der Waals surface area (Å²) in [6.07, 6.45) is 5.34. The molecule has 3 heterocycles. The fraction of sp³-hybridized carbons (Fsp3) is 0.0500. The molecule has 0 amide bonds. The van der Waals surface area contributed by atoms with E-state index >= 15 is 0 Å². The molecule has 2 N–H and O–H groups in total. The number of rotatable bonds is 4. The number of hydrogen-bond acceptors (Lipinski definition) is 4. The van der Waals surface area contributed by atoms with Gasteiger partial charge in [-0.05, 0) is 60.5 Å². The molecule has 0 atom stereocenters. The van der Waals surface area contributed by atoms with Gasteiger partial charge in [0.25, 0.3) is 0 Å². The van der Waals surface area contributed by atoms with E-state index in [0.29, 0.717) is 0 Å². The summed E-state index contributed by atoms with van der Waals surface area (Å²) in [6.45, 7) is 1.97. The number of aryl methyl sites for hydroxylation is 1. The van der Waals surface area contributed by atoms with Gasteiger partial charge in [-0.25, -0.2) is 4.98 Å². The van der Waals surface area contributed by atoms with Gasteiger partial charge >= 0.3 is 0 Å². The fourth-order valence-electron chi connectivity index (χ4n) is 2.75. The number of benzene rings is 1. The number of nitrogens with zero attached hydrogens (tertiary/aromatic N) is 3. The van der Waals surface area contributed by atoms with Crippen molar-refractivity contribution < 1.29 is 0 Å². The second kappa shape index (κ2) is 6.98. The average molecular weight is 362 g/mol. The molecule has 1 aromatic carbocycles. The first kappa shape index (κ1) is 16.3. The molecule has 0 aliphatic carbocycles. The van der Waals surface area contributed by atoms with Crippen LogP contribution in [0, 0.1) is 6.92 Å². The van der Waals surface area contributed by atoms with Crippen molar-refractivity contribution in [2.75, 3.05) is 5.32 Å². The molecule has 0 radical (unpaired) electrons. The van der Waals surface area contributed by atoms with Crippen LogP contribution in [0.3, 0.4) is 0 Å². The quantitative estimate of drug-likeness (QED) is 0.521. The van der Waals surface area contributed by atoms with Crippen molar-refractivity contribution in [3.63, 3.8) is 0 Å². The van der Waals surface area contributed by atoms with Crippen molar-refractivity contribution in [3.8, 4) is 22.5 Å². The first-order valence-electron chi connectivity index (χ1n) is 8.15. The Balaban J connectivity index is 1.67. The Morgan fingerprint density at radius 3 is 2.73 bits per heavy atom. The molecule has 0 fully saturated rings. The van der Waals surface area contributed by atoms with Crippen LogP contribution in [-0.4, -0.2) is 20.2 Å². The Labute approximate surface area is 156 Å². The Morgan fingerprint density at radius 2 is 1.92 bits per heavy atom. The highest BCUT2D eigenvalue weighted by molar-refractivity contribution is 6.31. The molecule has 6 heteroatoms. The van der Waals surface area contributed by atoms with Gasteiger partial charge in [-0.1, -0.05) is 17.7 Å². The van der Waals surface area contributed by atoms with Gasteiger partial charge < -0.3 is 5.32 Å². The molecule has 0 bridgehead atoms. The molecule has 4 aromatic rings. The van der Waals surface area contributed by atoms with E-state index in [2.05, 4.69) is 25.5 Å². The number of aromatic nitrogens is 4. The highest BCUT2D eigenvalue weighted by atomic mass is 35.5. The number of pyridine rings is 2. The number of aromatic amines is 1. The molecule has 0 aliphatic rings. The Bertz CT molecular complexity index is 1040. The maximum atomic E-state index is 6.09. The van der Waals surface area contributed by atoms with Gasteiger partial charge in [-0.15, -0.1) is 0 Å². The Kier molecular flexibility index (Phi) is 4.37. The Morgan fingerprint density at radius 1 is 1.00 bits per heavy atom. The summed E-state index contributed by atoms with van der Waals surface area (Å²) < 4.78 is 0. The number of anilines is 2. The summed E-state index contributed by atoms with van der Waals surface area (Å²) in [7, 11) is 0. The van der Waals surface area contributed by atoms with Gasteiger partial charge in [0.2, 0.25) is 0 Å². The van der Waals surface area contributed by atoms with E-state index in [1.807, 2.05) is 55.5 Å². The topological polar surface area (TPSA) is 66.5 Å². The van der Waals surface area contributed by atoms with Crippen molar-refractivity contribution >= 4 is 23.1 Å².